The molecule has 3 fully saturated rings. The molecule has 1 aliphatic heterocycles. The van der Waals surface area contributed by atoms with Gasteiger partial charge in [0.25, 0.3) is 0 Å². The molecule has 6 heteroatoms. The van der Waals surface area contributed by atoms with Crippen LogP contribution in [0.5, 0.6) is 11.5 Å². The Kier molecular flexibility index (Phi) is 4.15. The van der Waals surface area contributed by atoms with Crippen LogP contribution in [0.25, 0.3) is 0 Å². The van der Waals surface area contributed by atoms with E-state index in [9.17, 15) is 14.4 Å². The molecule has 2 aromatic rings. The maximum atomic E-state index is 13.0. The second kappa shape index (κ2) is 6.72. The summed E-state index contributed by atoms with van der Waals surface area (Å²) < 4.78 is 10.5. The Balaban J connectivity index is 1.37. The highest BCUT2D eigenvalue weighted by molar-refractivity contribution is 6.22. The molecule has 3 aliphatic rings. The first kappa shape index (κ1) is 17.9. The average Bonchev–Trinajstić information content (AvgIpc) is 3.42. The molecule has 2 bridgehead atoms. The van der Waals surface area contributed by atoms with Crippen LogP contribution in [-0.4, -0.2) is 24.9 Å². The van der Waals surface area contributed by atoms with Crippen molar-refractivity contribution in [3.8, 4) is 11.5 Å². The van der Waals surface area contributed by atoms with E-state index in [-0.39, 0.29) is 23.7 Å². The predicted octanol–water partition coefficient (Wildman–Crippen LogP) is 3.45. The largest absolute Gasteiger partial charge is 0.497 e. The smallest absolute Gasteiger partial charge is 0.343 e. The summed E-state index contributed by atoms with van der Waals surface area (Å²) in [5.74, 6) is 0.562. The molecule has 2 saturated carbocycles. The summed E-state index contributed by atoms with van der Waals surface area (Å²) in [4.78, 5) is 39.8. The molecule has 148 valence electrons. The lowest BCUT2D eigenvalue weighted by molar-refractivity contribution is -0.123. The van der Waals surface area contributed by atoms with Gasteiger partial charge in [-0.25, -0.2) is 4.79 Å². The van der Waals surface area contributed by atoms with Crippen molar-refractivity contribution in [2.75, 3.05) is 12.0 Å². The quantitative estimate of drug-likeness (QED) is 0.453. The number of carbonyl (C=O) groups is 3. The lowest BCUT2D eigenvalue weighted by Gasteiger charge is -2.19. The lowest BCUT2D eigenvalue weighted by atomic mass is 9.81. The van der Waals surface area contributed by atoms with Crippen LogP contribution in [0, 0.1) is 23.7 Å². The molecule has 2 aliphatic carbocycles. The fourth-order valence-corrected chi connectivity index (χ4v) is 5.24. The molecule has 0 aromatic heterocycles. The average molecular weight is 391 g/mol. The van der Waals surface area contributed by atoms with Gasteiger partial charge in [0.2, 0.25) is 11.8 Å². The van der Waals surface area contributed by atoms with Crippen molar-refractivity contribution < 1.29 is 23.9 Å². The van der Waals surface area contributed by atoms with Gasteiger partial charge in [-0.15, -0.1) is 0 Å². The van der Waals surface area contributed by atoms with Crippen molar-refractivity contribution in [3.63, 3.8) is 0 Å². The zero-order valence-electron chi connectivity index (χ0n) is 16.0. The number of methoxy groups -OCH3 is 1. The molecule has 1 heterocycles. The summed E-state index contributed by atoms with van der Waals surface area (Å²) in [5.41, 5.74) is 0.733. The van der Waals surface area contributed by atoms with Gasteiger partial charge >= 0.3 is 5.97 Å². The van der Waals surface area contributed by atoms with Crippen molar-refractivity contribution in [2.24, 2.45) is 23.7 Å². The molecule has 1 saturated heterocycles. The summed E-state index contributed by atoms with van der Waals surface area (Å²) in [6, 6.07) is 13.2. The molecular weight excluding hydrogens is 370 g/mol. The number of carbonyl (C=O) groups excluding carboxylic acids is 3. The Bertz CT molecular complexity index is 971. The van der Waals surface area contributed by atoms with Crippen molar-refractivity contribution in [1.29, 1.82) is 0 Å². The number of nitrogens with zero attached hydrogens (tertiary/aromatic N) is 1. The van der Waals surface area contributed by atoms with Crippen molar-refractivity contribution >= 4 is 23.5 Å². The third kappa shape index (κ3) is 2.82. The van der Waals surface area contributed by atoms with E-state index in [0.717, 1.165) is 19.3 Å². The number of benzene rings is 2. The number of esters is 1. The number of imide groups is 1. The summed E-state index contributed by atoms with van der Waals surface area (Å²) in [7, 11) is 1.56. The number of amides is 2. The van der Waals surface area contributed by atoms with Crippen LogP contribution in [0.4, 0.5) is 5.69 Å². The van der Waals surface area contributed by atoms with Gasteiger partial charge in [0.15, 0.2) is 0 Å². The monoisotopic (exact) mass is 391 g/mol. The van der Waals surface area contributed by atoms with Gasteiger partial charge in [0, 0.05) is 0 Å². The topological polar surface area (TPSA) is 72.9 Å². The number of hydrogen-bond acceptors (Lipinski definition) is 5. The zero-order chi connectivity index (χ0) is 20.1. The Hall–Kier alpha value is -3.15. The van der Waals surface area contributed by atoms with E-state index in [1.807, 2.05) is 0 Å². The molecular formula is C23H21NO5. The molecule has 0 radical (unpaired) electrons. The Morgan fingerprint density at radius 1 is 0.931 bits per heavy atom. The second-order valence-electron chi connectivity index (χ2n) is 8.01. The van der Waals surface area contributed by atoms with Gasteiger partial charge in [0.1, 0.15) is 11.5 Å². The van der Waals surface area contributed by atoms with Crippen molar-refractivity contribution in [3.05, 3.63) is 54.1 Å². The van der Waals surface area contributed by atoms with Gasteiger partial charge in [-0.3, -0.25) is 14.5 Å². The van der Waals surface area contributed by atoms with E-state index in [2.05, 4.69) is 0 Å². The van der Waals surface area contributed by atoms with Gasteiger partial charge in [-0.1, -0.05) is 6.07 Å². The van der Waals surface area contributed by atoms with Crippen LogP contribution in [-0.2, 0) is 9.59 Å². The highest BCUT2D eigenvalue weighted by Gasteiger charge is 2.61. The first-order valence-corrected chi connectivity index (χ1v) is 9.91. The molecule has 5 rings (SSSR count). The van der Waals surface area contributed by atoms with Gasteiger partial charge in [-0.2, -0.15) is 0 Å². The van der Waals surface area contributed by atoms with Gasteiger partial charge < -0.3 is 9.47 Å². The minimum atomic E-state index is -0.545. The number of ether oxygens (including phenoxy) is 2. The first-order valence-electron chi connectivity index (χ1n) is 9.91. The van der Waals surface area contributed by atoms with Crippen LogP contribution in [0.3, 0.4) is 0 Å². The van der Waals surface area contributed by atoms with E-state index in [1.165, 1.54) is 4.90 Å². The fourth-order valence-electron chi connectivity index (χ4n) is 5.24. The van der Waals surface area contributed by atoms with E-state index in [4.69, 9.17) is 9.47 Å². The van der Waals surface area contributed by atoms with E-state index in [0.29, 0.717) is 34.6 Å². The summed E-state index contributed by atoms with van der Waals surface area (Å²) in [6.45, 7) is 0. The molecule has 29 heavy (non-hydrogen) atoms. The third-order valence-corrected chi connectivity index (χ3v) is 6.54. The summed E-state index contributed by atoms with van der Waals surface area (Å²) in [5, 5.41) is 0. The van der Waals surface area contributed by atoms with E-state index in [1.54, 1.807) is 55.6 Å². The first-order chi connectivity index (χ1) is 14.1. The highest BCUT2D eigenvalue weighted by Crippen LogP contribution is 2.56. The molecule has 2 aromatic carbocycles. The number of rotatable bonds is 4. The highest BCUT2D eigenvalue weighted by atomic mass is 16.5. The Morgan fingerprint density at radius 2 is 1.55 bits per heavy atom. The maximum absolute atomic E-state index is 13.0. The Labute approximate surface area is 168 Å². The maximum Gasteiger partial charge on any atom is 0.343 e. The standard InChI is InChI=1S/C23H21NO5/c1-28-17-7-9-18(10-8-17)29-23(27)15-3-2-4-16(12-15)24-21(25)19-13-5-6-14(11-13)20(19)22(24)26/h2-4,7-10,12-14,19-20H,5-6,11H2,1H3/t13-,14-,19+,20+/m0/s1. The van der Waals surface area contributed by atoms with Crippen LogP contribution in [0.1, 0.15) is 29.6 Å². The van der Waals surface area contributed by atoms with Crippen LogP contribution in [0.15, 0.2) is 48.5 Å². The number of hydrogen-bond donors (Lipinski definition) is 0. The molecule has 0 spiro atoms. The molecule has 6 nitrogen and oxygen atoms in total. The van der Waals surface area contributed by atoms with Crippen LogP contribution >= 0.6 is 0 Å². The van der Waals surface area contributed by atoms with Crippen LogP contribution in [0.2, 0.25) is 0 Å². The van der Waals surface area contributed by atoms with Gasteiger partial charge in [0.05, 0.1) is 30.2 Å². The second-order valence-corrected chi connectivity index (χ2v) is 8.01. The predicted molar refractivity (Wildman–Crippen MR) is 105 cm³/mol. The number of anilines is 1. The van der Waals surface area contributed by atoms with E-state index >= 15 is 0 Å². The van der Waals surface area contributed by atoms with Gasteiger partial charge in [-0.05, 0) is 73.6 Å². The molecule has 2 amide bonds. The van der Waals surface area contributed by atoms with Crippen molar-refractivity contribution in [1.82, 2.24) is 0 Å². The molecule has 4 atom stereocenters. The minimum Gasteiger partial charge on any atom is -0.497 e. The minimum absolute atomic E-state index is 0.118. The Morgan fingerprint density at radius 3 is 2.17 bits per heavy atom. The molecule has 0 N–H and O–H groups in total. The lowest BCUT2D eigenvalue weighted by Crippen LogP contribution is -2.32. The number of fused-ring (bicyclic) bond motifs is 5. The third-order valence-electron chi connectivity index (χ3n) is 6.54. The van der Waals surface area contributed by atoms with Crippen molar-refractivity contribution in [2.45, 2.75) is 19.3 Å². The van der Waals surface area contributed by atoms with E-state index < -0.39 is 5.97 Å². The zero-order valence-corrected chi connectivity index (χ0v) is 16.0. The molecule has 0 unspecified atom stereocenters. The van der Waals surface area contributed by atoms with Crippen LogP contribution < -0.4 is 14.4 Å². The summed E-state index contributed by atoms with van der Waals surface area (Å²) in [6.07, 6.45) is 3.06. The fraction of sp³-hybridized carbons (Fsp3) is 0.348. The normalized spacial score (nSPS) is 27.3. The SMILES string of the molecule is COc1ccc(OC(=O)c2cccc(N3C(=O)[C@@H]4[C@H]5CC[C@@H](C5)[C@H]4C3=O)c2)cc1. The summed E-state index contributed by atoms with van der Waals surface area (Å²) >= 11 is 0.